The molecule has 0 radical (unpaired) electrons. The van der Waals surface area contributed by atoms with Crippen molar-refractivity contribution in [2.24, 2.45) is 0 Å². The number of para-hydroxylation sites is 1. The number of benzene rings is 3. The molecular weight excluding hydrogens is 332 g/mol. The van der Waals surface area contributed by atoms with Crippen molar-refractivity contribution < 1.29 is 9.36 Å². The molecule has 4 aromatic rings. The zero-order valence-corrected chi connectivity index (χ0v) is 15.2. The standard InChI is InChI=1S/C24H20N2O/c1-18(26-16-15-19-9-5-6-12-21(19)17-26)24(27)25-23-14-8-7-13-22(23)20-10-3-2-4-11-20/h2-18H,1H3/p+1/t18-/m1/s1. The zero-order valence-electron chi connectivity index (χ0n) is 15.2. The van der Waals surface area contributed by atoms with E-state index in [0.717, 1.165) is 27.6 Å². The van der Waals surface area contributed by atoms with Crippen LogP contribution in [-0.2, 0) is 4.79 Å². The molecule has 0 unspecified atom stereocenters. The van der Waals surface area contributed by atoms with Crippen molar-refractivity contribution in [3.63, 3.8) is 0 Å². The second-order valence-corrected chi connectivity index (χ2v) is 6.60. The van der Waals surface area contributed by atoms with Crippen molar-refractivity contribution in [1.82, 2.24) is 0 Å². The van der Waals surface area contributed by atoms with Crippen LogP contribution in [0.15, 0.2) is 97.3 Å². The molecule has 4 rings (SSSR count). The maximum Gasteiger partial charge on any atom is 0.293 e. The van der Waals surface area contributed by atoms with Crippen LogP contribution in [0.1, 0.15) is 13.0 Å². The minimum absolute atomic E-state index is 0.0429. The van der Waals surface area contributed by atoms with Gasteiger partial charge in [0.2, 0.25) is 6.04 Å². The molecule has 0 spiro atoms. The van der Waals surface area contributed by atoms with Gasteiger partial charge in [0, 0.05) is 29.6 Å². The van der Waals surface area contributed by atoms with Crippen LogP contribution in [0.25, 0.3) is 21.9 Å². The second kappa shape index (κ2) is 7.42. The summed E-state index contributed by atoms with van der Waals surface area (Å²) < 4.78 is 1.95. The van der Waals surface area contributed by atoms with Crippen LogP contribution in [0.5, 0.6) is 0 Å². The molecule has 0 saturated heterocycles. The molecule has 0 aliphatic carbocycles. The average molecular weight is 353 g/mol. The van der Waals surface area contributed by atoms with E-state index < -0.39 is 0 Å². The average Bonchev–Trinajstić information content (AvgIpc) is 2.74. The fraction of sp³-hybridized carbons (Fsp3) is 0.0833. The Morgan fingerprint density at radius 2 is 1.48 bits per heavy atom. The molecule has 27 heavy (non-hydrogen) atoms. The molecule has 1 N–H and O–H groups in total. The van der Waals surface area contributed by atoms with E-state index in [-0.39, 0.29) is 11.9 Å². The Morgan fingerprint density at radius 1 is 0.815 bits per heavy atom. The number of rotatable bonds is 4. The Hall–Kier alpha value is -3.46. The van der Waals surface area contributed by atoms with Gasteiger partial charge in [0.15, 0.2) is 12.4 Å². The zero-order chi connectivity index (χ0) is 18.6. The first kappa shape index (κ1) is 17.0. The summed E-state index contributed by atoms with van der Waals surface area (Å²) in [7, 11) is 0. The number of hydrogen-bond acceptors (Lipinski definition) is 1. The van der Waals surface area contributed by atoms with Crippen molar-refractivity contribution in [3.05, 3.63) is 97.3 Å². The molecular formula is C24H21N2O+. The lowest BCUT2D eigenvalue weighted by molar-refractivity contribution is -0.704. The van der Waals surface area contributed by atoms with E-state index in [0.29, 0.717) is 0 Å². The number of nitrogens with zero attached hydrogens (tertiary/aromatic N) is 1. The Kier molecular flexibility index (Phi) is 4.67. The molecule has 0 fully saturated rings. The monoisotopic (exact) mass is 353 g/mol. The minimum Gasteiger partial charge on any atom is -0.320 e. The molecule has 0 saturated carbocycles. The van der Waals surface area contributed by atoms with Gasteiger partial charge in [-0.05, 0) is 23.1 Å². The van der Waals surface area contributed by atoms with Crippen LogP contribution in [-0.4, -0.2) is 5.91 Å². The quantitative estimate of drug-likeness (QED) is 0.515. The summed E-state index contributed by atoms with van der Waals surface area (Å²) in [6.07, 6.45) is 3.97. The molecule has 0 aliphatic heterocycles. The number of hydrogen-bond donors (Lipinski definition) is 1. The molecule has 3 nitrogen and oxygen atoms in total. The van der Waals surface area contributed by atoms with Crippen molar-refractivity contribution in [2.75, 3.05) is 5.32 Å². The molecule has 132 valence electrons. The summed E-state index contributed by atoms with van der Waals surface area (Å²) in [6.45, 7) is 1.91. The third-order valence-electron chi connectivity index (χ3n) is 4.81. The summed E-state index contributed by atoms with van der Waals surface area (Å²) in [6, 6.07) is 27.9. The lowest BCUT2D eigenvalue weighted by Gasteiger charge is -2.13. The van der Waals surface area contributed by atoms with Crippen LogP contribution in [0.3, 0.4) is 0 Å². The SMILES string of the molecule is C[C@H](C(=O)Nc1ccccc1-c1ccccc1)[n+]1ccc2ccccc2c1. The molecule has 0 aliphatic rings. The highest BCUT2D eigenvalue weighted by Gasteiger charge is 2.23. The number of anilines is 1. The van der Waals surface area contributed by atoms with Gasteiger partial charge in [-0.25, -0.2) is 0 Å². The van der Waals surface area contributed by atoms with Gasteiger partial charge in [0.1, 0.15) is 0 Å². The molecule has 1 heterocycles. The van der Waals surface area contributed by atoms with E-state index >= 15 is 0 Å². The fourth-order valence-corrected chi connectivity index (χ4v) is 3.23. The van der Waals surface area contributed by atoms with Gasteiger partial charge in [-0.15, -0.1) is 0 Å². The van der Waals surface area contributed by atoms with Crippen LogP contribution in [0.2, 0.25) is 0 Å². The molecule has 3 aromatic carbocycles. The van der Waals surface area contributed by atoms with Crippen LogP contribution in [0, 0.1) is 0 Å². The Labute approximate surface area is 158 Å². The lowest BCUT2D eigenvalue weighted by atomic mass is 10.0. The van der Waals surface area contributed by atoms with Crippen molar-refractivity contribution >= 4 is 22.4 Å². The molecule has 1 aromatic heterocycles. The van der Waals surface area contributed by atoms with Crippen molar-refractivity contribution in [2.45, 2.75) is 13.0 Å². The molecule has 0 bridgehead atoms. The van der Waals surface area contributed by atoms with E-state index in [2.05, 4.69) is 17.4 Å². The van der Waals surface area contributed by atoms with Crippen molar-refractivity contribution in [3.8, 4) is 11.1 Å². The first-order valence-corrected chi connectivity index (χ1v) is 9.07. The number of carbonyl (C=O) groups is 1. The van der Waals surface area contributed by atoms with E-state index in [1.165, 1.54) is 0 Å². The molecule has 3 heteroatoms. The van der Waals surface area contributed by atoms with Gasteiger partial charge in [-0.1, -0.05) is 66.7 Å². The van der Waals surface area contributed by atoms with E-state index in [9.17, 15) is 4.79 Å². The lowest BCUT2D eigenvalue weighted by Crippen LogP contribution is -2.44. The minimum atomic E-state index is -0.321. The third kappa shape index (κ3) is 3.58. The highest BCUT2D eigenvalue weighted by atomic mass is 16.2. The Bertz CT molecular complexity index is 1090. The first-order valence-electron chi connectivity index (χ1n) is 9.07. The summed E-state index contributed by atoms with van der Waals surface area (Å²) >= 11 is 0. The second-order valence-electron chi connectivity index (χ2n) is 6.60. The van der Waals surface area contributed by atoms with Crippen LogP contribution >= 0.6 is 0 Å². The number of amides is 1. The largest absolute Gasteiger partial charge is 0.320 e. The van der Waals surface area contributed by atoms with E-state index in [4.69, 9.17) is 0 Å². The maximum absolute atomic E-state index is 12.9. The van der Waals surface area contributed by atoms with Gasteiger partial charge in [0.05, 0.1) is 0 Å². The van der Waals surface area contributed by atoms with Crippen LogP contribution in [0.4, 0.5) is 5.69 Å². The van der Waals surface area contributed by atoms with E-state index in [1.54, 1.807) is 0 Å². The van der Waals surface area contributed by atoms with Gasteiger partial charge < -0.3 is 5.32 Å². The van der Waals surface area contributed by atoms with Gasteiger partial charge in [-0.2, -0.15) is 4.57 Å². The Morgan fingerprint density at radius 3 is 2.30 bits per heavy atom. The smallest absolute Gasteiger partial charge is 0.293 e. The molecule has 1 atom stereocenters. The summed E-state index contributed by atoms with van der Waals surface area (Å²) in [5.74, 6) is -0.0429. The van der Waals surface area contributed by atoms with Gasteiger partial charge in [-0.3, -0.25) is 4.79 Å². The van der Waals surface area contributed by atoms with Crippen molar-refractivity contribution in [1.29, 1.82) is 0 Å². The highest BCUT2D eigenvalue weighted by molar-refractivity contribution is 5.96. The number of nitrogens with one attached hydrogen (secondary N) is 1. The van der Waals surface area contributed by atoms with E-state index in [1.807, 2.05) is 96.7 Å². The normalized spacial score (nSPS) is 11.9. The third-order valence-corrected chi connectivity index (χ3v) is 4.81. The van der Waals surface area contributed by atoms with Gasteiger partial charge >= 0.3 is 0 Å². The number of carbonyl (C=O) groups excluding carboxylic acids is 1. The highest BCUT2D eigenvalue weighted by Crippen LogP contribution is 2.27. The number of fused-ring (bicyclic) bond motifs is 1. The van der Waals surface area contributed by atoms with Gasteiger partial charge in [0.25, 0.3) is 5.91 Å². The first-order chi connectivity index (χ1) is 13.2. The number of aromatic nitrogens is 1. The summed E-state index contributed by atoms with van der Waals surface area (Å²) in [5, 5.41) is 5.37. The summed E-state index contributed by atoms with van der Waals surface area (Å²) in [4.78, 5) is 12.9. The topological polar surface area (TPSA) is 33.0 Å². The predicted octanol–water partition coefficient (Wildman–Crippen LogP) is 4.99. The fourth-order valence-electron chi connectivity index (χ4n) is 3.23. The Balaban J connectivity index is 1.60. The maximum atomic E-state index is 12.9. The predicted molar refractivity (Wildman–Crippen MR) is 109 cm³/mol. The van der Waals surface area contributed by atoms with Crippen LogP contribution < -0.4 is 9.88 Å². The molecule has 1 amide bonds. The number of pyridine rings is 1. The summed E-state index contributed by atoms with van der Waals surface area (Å²) in [5.41, 5.74) is 2.92.